The van der Waals surface area contributed by atoms with Crippen molar-refractivity contribution in [3.63, 3.8) is 0 Å². The zero-order valence-corrected chi connectivity index (χ0v) is 15.4. The fourth-order valence-electron chi connectivity index (χ4n) is 3.43. The molecule has 0 fully saturated rings. The van der Waals surface area contributed by atoms with Crippen LogP contribution in [0.15, 0.2) is 36.4 Å². The molecule has 0 unspecified atom stereocenters. The zero-order chi connectivity index (χ0) is 18.9. The van der Waals surface area contributed by atoms with Crippen LogP contribution in [-0.4, -0.2) is 24.0 Å². The molecule has 0 aliphatic carbocycles. The number of benzene rings is 2. The van der Waals surface area contributed by atoms with Crippen LogP contribution in [-0.2, 0) is 12.8 Å². The lowest BCUT2D eigenvalue weighted by atomic mass is 9.99. The minimum atomic E-state index is -0.531. The van der Waals surface area contributed by atoms with Crippen LogP contribution in [0.1, 0.15) is 51.3 Å². The molecule has 1 aliphatic heterocycles. The summed E-state index contributed by atoms with van der Waals surface area (Å²) in [4.78, 5) is 23.9. The van der Waals surface area contributed by atoms with Crippen LogP contribution in [0.3, 0.4) is 0 Å². The zero-order valence-electron chi connectivity index (χ0n) is 15.4. The fourth-order valence-corrected chi connectivity index (χ4v) is 3.43. The maximum absolute atomic E-state index is 12.5. The van der Waals surface area contributed by atoms with Crippen LogP contribution in [0, 0.1) is 6.92 Å². The Labute approximate surface area is 153 Å². The van der Waals surface area contributed by atoms with Crippen LogP contribution in [0.5, 0.6) is 5.75 Å². The van der Waals surface area contributed by atoms with E-state index in [-0.39, 0.29) is 11.5 Å². The first-order valence-electron chi connectivity index (χ1n) is 8.76. The minimum Gasteiger partial charge on any atom is -0.487 e. The third-order valence-corrected chi connectivity index (χ3v) is 4.70. The number of ether oxygens (including phenoxy) is 1. The lowest BCUT2D eigenvalue weighted by molar-refractivity contribution is 0.0952. The molecule has 26 heavy (non-hydrogen) atoms. The number of carbonyl (C=O) groups is 2. The summed E-state index contributed by atoms with van der Waals surface area (Å²) in [5.41, 5.74) is 8.91. The van der Waals surface area contributed by atoms with E-state index in [1.165, 1.54) is 5.56 Å². The summed E-state index contributed by atoms with van der Waals surface area (Å²) in [6.07, 6.45) is 1.57. The molecule has 0 saturated carbocycles. The first kappa shape index (κ1) is 18.0. The van der Waals surface area contributed by atoms with E-state index < -0.39 is 5.91 Å². The highest BCUT2D eigenvalue weighted by Gasteiger charge is 2.31. The van der Waals surface area contributed by atoms with E-state index in [1.807, 2.05) is 12.1 Å². The van der Waals surface area contributed by atoms with Crippen molar-refractivity contribution in [3.8, 4) is 5.75 Å². The Kier molecular flexibility index (Phi) is 4.72. The molecule has 1 aliphatic rings. The SMILES string of the molecule is Cc1c(C(N)=O)cccc1C(=O)NCCc1cccc2c1OC(C)(C)C2. The fraction of sp³-hybridized carbons (Fsp3) is 0.333. The second-order valence-electron chi connectivity index (χ2n) is 7.29. The van der Waals surface area contributed by atoms with E-state index in [1.54, 1.807) is 25.1 Å². The molecule has 0 bridgehead atoms. The van der Waals surface area contributed by atoms with Gasteiger partial charge in [-0.05, 0) is 56.0 Å². The number of rotatable bonds is 5. The summed E-state index contributed by atoms with van der Waals surface area (Å²) in [7, 11) is 0. The van der Waals surface area contributed by atoms with E-state index >= 15 is 0 Å². The average Bonchev–Trinajstić information content (AvgIpc) is 2.89. The van der Waals surface area contributed by atoms with Gasteiger partial charge in [0.25, 0.3) is 5.91 Å². The maximum atomic E-state index is 12.5. The van der Waals surface area contributed by atoms with Gasteiger partial charge in [0.1, 0.15) is 11.4 Å². The van der Waals surface area contributed by atoms with Crippen molar-refractivity contribution < 1.29 is 14.3 Å². The van der Waals surface area contributed by atoms with Crippen molar-refractivity contribution in [3.05, 3.63) is 64.2 Å². The number of amides is 2. The number of hydrogen-bond donors (Lipinski definition) is 2. The Morgan fingerprint density at radius 2 is 1.85 bits per heavy atom. The normalized spacial score (nSPS) is 14.4. The molecule has 0 atom stereocenters. The van der Waals surface area contributed by atoms with E-state index in [9.17, 15) is 9.59 Å². The molecule has 0 spiro atoms. The average molecular weight is 352 g/mol. The molecule has 0 saturated heterocycles. The Bertz CT molecular complexity index is 872. The Morgan fingerprint density at radius 1 is 1.15 bits per heavy atom. The van der Waals surface area contributed by atoms with E-state index in [0.717, 1.165) is 17.7 Å². The highest BCUT2D eigenvalue weighted by Crippen LogP contribution is 2.37. The van der Waals surface area contributed by atoms with Crippen molar-refractivity contribution in [2.75, 3.05) is 6.54 Å². The number of nitrogens with two attached hydrogens (primary N) is 1. The van der Waals surface area contributed by atoms with Gasteiger partial charge in [-0.25, -0.2) is 0 Å². The topological polar surface area (TPSA) is 81.4 Å². The molecule has 136 valence electrons. The molecule has 2 aromatic rings. The van der Waals surface area contributed by atoms with Crippen LogP contribution < -0.4 is 15.8 Å². The molecular weight excluding hydrogens is 328 g/mol. The largest absolute Gasteiger partial charge is 0.487 e. The number of carbonyl (C=O) groups excluding carboxylic acids is 2. The van der Waals surface area contributed by atoms with Gasteiger partial charge in [-0.2, -0.15) is 0 Å². The van der Waals surface area contributed by atoms with Gasteiger partial charge >= 0.3 is 0 Å². The standard InChI is InChI=1S/C21H24N2O3/c1-13-16(19(22)24)8-5-9-17(13)20(25)23-11-10-14-6-4-7-15-12-21(2,3)26-18(14)15/h4-9H,10-12H2,1-3H3,(H2,22,24)(H,23,25). The molecule has 1 heterocycles. The summed E-state index contributed by atoms with van der Waals surface area (Å²) in [5.74, 6) is 0.204. The molecule has 0 radical (unpaired) electrons. The van der Waals surface area contributed by atoms with Crippen LogP contribution in [0.2, 0.25) is 0 Å². The summed E-state index contributed by atoms with van der Waals surface area (Å²) in [6, 6.07) is 11.1. The monoisotopic (exact) mass is 352 g/mol. The Morgan fingerprint density at radius 3 is 2.58 bits per heavy atom. The third kappa shape index (κ3) is 3.57. The van der Waals surface area contributed by atoms with Gasteiger partial charge in [-0.3, -0.25) is 9.59 Å². The number of fused-ring (bicyclic) bond motifs is 1. The number of para-hydroxylation sites is 1. The lowest BCUT2D eigenvalue weighted by Gasteiger charge is -2.18. The Balaban J connectivity index is 1.67. The van der Waals surface area contributed by atoms with Crippen molar-refractivity contribution >= 4 is 11.8 Å². The lowest BCUT2D eigenvalue weighted by Crippen LogP contribution is -2.27. The summed E-state index contributed by atoms with van der Waals surface area (Å²) in [5, 5.41) is 2.92. The van der Waals surface area contributed by atoms with Gasteiger partial charge < -0.3 is 15.8 Å². The second kappa shape index (κ2) is 6.83. The van der Waals surface area contributed by atoms with Crippen LogP contribution >= 0.6 is 0 Å². The second-order valence-corrected chi connectivity index (χ2v) is 7.29. The van der Waals surface area contributed by atoms with Crippen LogP contribution in [0.25, 0.3) is 0 Å². The summed E-state index contributed by atoms with van der Waals surface area (Å²) >= 11 is 0. The molecule has 3 rings (SSSR count). The highest BCUT2D eigenvalue weighted by atomic mass is 16.5. The molecule has 0 aromatic heterocycles. The van der Waals surface area contributed by atoms with Gasteiger partial charge in [-0.15, -0.1) is 0 Å². The Hall–Kier alpha value is -2.82. The molecule has 2 amide bonds. The van der Waals surface area contributed by atoms with Gasteiger partial charge in [0.05, 0.1) is 0 Å². The molecular formula is C21H24N2O3. The maximum Gasteiger partial charge on any atom is 0.251 e. The molecule has 3 N–H and O–H groups in total. The van der Waals surface area contributed by atoms with Crippen molar-refractivity contribution in [1.29, 1.82) is 0 Å². The summed E-state index contributed by atoms with van der Waals surface area (Å²) < 4.78 is 6.06. The van der Waals surface area contributed by atoms with E-state index in [2.05, 4.69) is 25.2 Å². The number of primary amides is 1. The van der Waals surface area contributed by atoms with Crippen molar-refractivity contribution in [2.24, 2.45) is 5.73 Å². The van der Waals surface area contributed by atoms with Crippen LogP contribution in [0.4, 0.5) is 0 Å². The van der Waals surface area contributed by atoms with Gasteiger partial charge in [0.2, 0.25) is 5.91 Å². The van der Waals surface area contributed by atoms with E-state index in [4.69, 9.17) is 10.5 Å². The van der Waals surface area contributed by atoms with Gasteiger partial charge in [0.15, 0.2) is 0 Å². The molecule has 5 heteroatoms. The third-order valence-electron chi connectivity index (χ3n) is 4.70. The number of hydrogen-bond acceptors (Lipinski definition) is 3. The minimum absolute atomic E-state index is 0.187. The van der Waals surface area contributed by atoms with Gasteiger partial charge in [-0.1, -0.05) is 24.3 Å². The highest BCUT2D eigenvalue weighted by molar-refractivity contribution is 6.01. The first-order chi connectivity index (χ1) is 12.3. The van der Waals surface area contributed by atoms with Crippen molar-refractivity contribution in [2.45, 2.75) is 39.2 Å². The van der Waals surface area contributed by atoms with E-state index in [0.29, 0.717) is 29.7 Å². The predicted molar refractivity (Wildman–Crippen MR) is 101 cm³/mol. The quantitative estimate of drug-likeness (QED) is 0.868. The molecule has 5 nitrogen and oxygen atoms in total. The van der Waals surface area contributed by atoms with Crippen molar-refractivity contribution in [1.82, 2.24) is 5.32 Å². The summed E-state index contributed by atoms with van der Waals surface area (Å²) in [6.45, 7) is 6.37. The number of nitrogens with one attached hydrogen (secondary N) is 1. The first-order valence-corrected chi connectivity index (χ1v) is 8.76. The smallest absolute Gasteiger partial charge is 0.251 e. The molecule has 2 aromatic carbocycles. The predicted octanol–water partition coefficient (Wildman–Crippen LogP) is 2.78. The van der Waals surface area contributed by atoms with Gasteiger partial charge in [0, 0.05) is 24.1 Å².